The highest BCUT2D eigenvalue weighted by molar-refractivity contribution is 5.94. The van der Waals surface area contributed by atoms with Gasteiger partial charge in [-0.25, -0.2) is 4.68 Å². The van der Waals surface area contributed by atoms with Crippen LogP contribution in [0, 0.1) is 30.6 Å². The second-order valence-electron chi connectivity index (χ2n) is 9.89. The molecule has 1 aliphatic heterocycles. The average Bonchev–Trinajstić information content (AvgIpc) is 3.11. The van der Waals surface area contributed by atoms with Gasteiger partial charge in [0.1, 0.15) is 0 Å². The number of hydrogen-bond acceptors (Lipinski definition) is 3. The Morgan fingerprint density at radius 2 is 1.89 bits per heavy atom. The van der Waals surface area contributed by atoms with Crippen LogP contribution >= 0.6 is 0 Å². The molecule has 1 aromatic carbocycles. The van der Waals surface area contributed by atoms with Crippen LogP contribution in [0.1, 0.15) is 42.0 Å². The molecule has 0 unspecified atom stereocenters. The van der Waals surface area contributed by atoms with Crippen LogP contribution in [0.4, 0.5) is 0 Å². The number of fused-ring (bicyclic) bond motifs is 1. The molecule has 2 aliphatic rings. The van der Waals surface area contributed by atoms with Crippen molar-refractivity contribution in [3.05, 3.63) is 47.3 Å². The van der Waals surface area contributed by atoms with E-state index in [1.807, 2.05) is 42.8 Å². The van der Waals surface area contributed by atoms with Crippen LogP contribution < -0.4 is 0 Å². The van der Waals surface area contributed by atoms with Crippen molar-refractivity contribution in [3.63, 3.8) is 0 Å². The van der Waals surface area contributed by atoms with Crippen LogP contribution in [0.25, 0.3) is 5.69 Å². The normalized spacial score (nSPS) is 25.7. The van der Waals surface area contributed by atoms with Gasteiger partial charge in [-0.2, -0.15) is 5.10 Å². The molecule has 28 heavy (non-hydrogen) atoms. The molecule has 4 rings (SSSR count). The van der Waals surface area contributed by atoms with Gasteiger partial charge in [-0.05, 0) is 76.0 Å². The molecular weight excluding hydrogens is 348 g/mol. The second kappa shape index (κ2) is 6.45. The van der Waals surface area contributed by atoms with Gasteiger partial charge < -0.3 is 9.80 Å². The maximum absolute atomic E-state index is 13.2. The average molecular weight is 381 g/mol. The number of carbonyl (C=O) groups excluding carboxylic acids is 1. The molecule has 1 aromatic heterocycles. The van der Waals surface area contributed by atoms with Crippen LogP contribution in [0.3, 0.4) is 0 Å². The van der Waals surface area contributed by atoms with E-state index in [-0.39, 0.29) is 11.3 Å². The maximum Gasteiger partial charge on any atom is 0.253 e. The van der Waals surface area contributed by atoms with Gasteiger partial charge in [-0.1, -0.05) is 13.8 Å². The topological polar surface area (TPSA) is 41.4 Å². The molecule has 1 amide bonds. The van der Waals surface area contributed by atoms with Crippen molar-refractivity contribution in [2.75, 3.05) is 33.7 Å². The molecule has 0 radical (unpaired) electrons. The number of benzene rings is 1. The van der Waals surface area contributed by atoms with E-state index in [2.05, 4.69) is 48.9 Å². The Hall–Kier alpha value is -2.14. The highest BCUT2D eigenvalue weighted by Gasteiger charge is 2.63. The predicted octanol–water partition coefficient (Wildman–Crippen LogP) is 3.54. The van der Waals surface area contributed by atoms with Gasteiger partial charge in [-0.15, -0.1) is 0 Å². The van der Waals surface area contributed by atoms with E-state index in [1.165, 1.54) is 6.42 Å². The van der Waals surface area contributed by atoms with Gasteiger partial charge >= 0.3 is 0 Å². The fraction of sp³-hybridized carbons (Fsp3) is 0.565. The monoisotopic (exact) mass is 380 g/mol. The molecule has 0 N–H and O–H groups in total. The van der Waals surface area contributed by atoms with Crippen molar-refractivity contribution >= 4 is 5.91 Å². The number of nitrogens with zero attached hydrogens (tertiary/aromatic N) is 4. The Morgan fingerprint density at radius 3 is 2.43 bits per heavy atom. The van der Waals surface area contributed by atoms with E-state index in [0.29, 0.717) is 11.3 Å². The molecule has 150 valence electrons. The fourth-order valence-electron chi connectivity index (χ4n) is 5.94. The minimum Gasteiger partial charge on any atom is -0.338 e. The summed E-state index contributed by atoms with van der Waals surface area (Å²) >= 11 is 0. The van der Waals surface area contributed by atoms with E-state index in [4.69, 9.17) is 0 Å². The summed E-state index contributed by atoms with van der Waals surface area (Å²) in [4.78, 5) is 17.6. The lowest BCUT2D eigenvalue weighted by Crippen LogP contribution is -2.57. The lowest BCUT2D eigenvalue weighted by Gasteiger charge is -2.57. The Kier molecular flexibility index (Phi) is 4.42. The zero-order chi connectivity index (χ0) is 20.3. The first-order valence-electron chi connectivity index (χ1n) is 10.2. The molecule has 2 fully saturated rings. The summed E-state index contributed by atoms with van der Waals surface area (Å²) in [6.07, 6.45) is 1.20. The number of rotatable bonds is 4. The zero-order valence-electron chi connectivity index (χ0n) is 18.0. The summed E-state index contributed by atoms with van der Waals surface area (Å²) in [6.45, 7) is 11.5. The third-order valence-electron chi connectivity index (χ3n) is 6.69. The summed E-state index contributed by atoms with van der Waals surface area (Å²) in [6, 6.07) is 9.94. The largest absolute Gasteiger partial charge is 0.338 e. The Morgan fingerprint density at radius 1 is 1.21 bits per heavy atom. The van der Waals surface area contributed by atoms with Crippen LogP contribution in [0.15, 0.2) is 30.3 Å². The summed E-state index contributed by atoms with van der Waals surface area (Å²) < 4.78 is 1.92. The van der Waals surface area contributed by atoms with Crippen molar-refractivity contribution in [1.82, 2.24) is 19.6 Å². The predicted molar refractivity (Wildman–Crippen MR) is 112 cm³/mol. The molecule has 1 saturated carbocycles. The molecule has 2 aromatic rings. The Balaban J connectivity index is 1.53. The molecule has 2 atom stereocenters. The van der Waals surface area contributed by atoms with E-state index in [0.717, 1.165) is 42.3 Å². The minimum atomic E-state index is 0.156. The minimum absolute atomic E-state index is 0.156. The van der Waals surface area contributed by atoms with Gasteiger partial charge in [0.25, 0.3) is 5.91 Å². The van der Waals surface area contributed by atoms with Crippen molar-refractivity contribution < 1.29 is 4.79 Å². The smallest absolute Gasteiger partial charge is 0.253 e. The van der Waals surface area contributed by atoms with Crippen molar-refractivity contribution in [2.24, 2.45) is 16.7 Å². The van der Waals surface area contributed by atoms with Crippen LogP contribution in [-0.4, -0.2) is 59.2 Å². The van der Waals surface area contributed by atoms with Crippen molar-refractivity contribution in [3.8, 4) is 5.69 Å². The number of aryl methyl sites for hydroxylation is 2. The van der Waals surface area contributed by atoms with Gasteiger partial charge in [0.15, 0.2) is 0 Å². The molecule has 1 saturated heterocycles. The molecular formula is C23H32N4O. The number of hydrogen-bond donors (Lipinski definition) is 0. The SMILES string of the molecule is Cc1cc(C)n(-c2ccc(C(=O)N3C[C@@H]4C(C)(C)C[C@]4(CN(C)C)C3)cc2)n1. The van der Waals surface area contributed by atoms with Crippen LogP contribution in [-0.2, 0) is 0 Å². The molecule has 0 spiro atoms. The first kappa shape index (κ1) is 19.2. The van der Waals surface area contributed by atoms with E-state index in [9.17, 15) is 4.79 Å². The molecule has 5 nitrogen and oxygen atoms in total. The summed E-state index contributed by atoms with van der Waals surface area (Å²) in [5.41, 5.74) is 4.44. The summed E-state index contributed by atoms with van der Waals surface area (Å²) in [5, 5.41) is 4.53. The molecule has 2 heterocycles. The fourth-order valence-corrected chi connectivity index (χ4v) is 5.94. The number of carbonyl (C=O) groups is 1. The Labute approximate surface area is 168 Å². The first-order valence-corrected chi connectivity index (χ1v) is 10.2. The molecule has 0 bridgehead atoms. The maximum atomic E-state index is 13.2. The molecule has 5 heteroatoms. The van der Waals surface area contributed by atoms with E-state index in [1.54, 1.807) is 0 Å². The highest BCUT2D eigenvalue weighted by atomic mass is 16.2. The Bertz CT molecular complexity index is 892. The van der Waals surface area contributed by atoms with Gasteiger partial charge in [0, 0.05) is 36.3 Å². The number of amides is 1. The van der Waals surface area contributed by atoms with Gasteiger partial charge in [-0.3, -0.25) is 4.79 Å². The van der Waals surface area contributed by atoms with Crippen molar-refractivity contribution in [2.45, 2.75) is 34.1 Å². The number of aromatic nitrogens is 2. The first-order chi connectivity index (χ1) is 13.1. The lowest BCUT2D eigenvalue weighted by atomic mass is 9.48. The van der Waals surface area contributed by atoms with E-state index >= 15 is 0 Å². The van der Waals surface area contributed by atoms with E-state index < -0.39 is 0 Å². The van der Waals surface area contributed by atoms with Crippen molar-refractivity contribution in [1.29, 1.82) is 0 Å². The van der Waals surface area contributed by atoms with Crippen LogP contribution in [0.2, 0.25) is 0 Å². The summed E-state index contributed by atoms with van der Waals surface area (Å²) in [7, 11) is 4.28. The second-order valence-corrected chi connectivity index (χ2v) is 9.89. The third kappa shape index (κ3) is 3.06. The van der Waals surface area contributed by atoms with Gasteiger partial charge in [0.05, 0.1) is 11.4 Å². The highest BCUT2D eigenvalue weighted by Crippen LogP contribution is 2.62. The lowest BCUT2D eigenvalue weighted by molar-refractivity contribution is -0.0789. The standard InChI is InChI=1S/C23H32N4O/c1-16-11-17(2)27(24-16)19-9-7-18(8-10-19)21(28)26-12-20-22(3,4)13-23(20,15-26)14-25(5)6/h7-11,20H,12-15H2,1-6H3/t20-,23+/m1/s1. The van der Waals surface area contributed by atoms with Gasteiger partial charge in [0.2, 0.25) is 0 Å². The quantitative estimate of drug-likeness (QED) is 0.815. The number of likely N-dealkylation sites (tertiary alicyclic amines) is 1. The zero-order valence-corrected chi connectivity index (χ0v) is 18.0. The van der Waals surface area contributed by atoms with Crippen LogP contribution in [0.5, 0.6) is 0 Å². The molecule has 1 aliphatic carbocycles. The third-order valence-corrected chi connectivity index (χ3v) is 6.69. The summed E-state index contributed by atoms with van der Waals surface area (Å²) in [5.74, 6) is 0.739.